The molecule has 8 rings (SSSR count). The summed E-state index contributed by atoms with van der Waals surface area (Å²) in [6.45, 7) is 7.23. The fourth-order valence-corrected chi connectivity index (χ4v) is 9.51. The molecule has 1 atom stereocenters. The molecule has 8 heteroatoms. The van der Waals surface area contributed by atoms with Gasteiger partial charge in [-0.3, -0.25) is 0 Å². The highest BCUT2D eigenvalue weighted by Gasteiger charge is 2.48. The quantitative estimate of drug-likeness (QED) is 0.103. The van der Waals surface area contributed by atoms with Crippen LogP contribution in [0.25, 0.3) is 39.1 Å². The summed E-state index contributed by atoms with van der Waals surface area (Å²) >= 11 is 0. The van der Waals surface area contributed by atoms with Gasteiger partial charge in [0.25, 0.3) is 0 Å². The van der Waals surface area contributed by atoms with Crippen molar-refractivity contribution in [3.8, 4) is 51.0 Å². The Kier molecular flexibility index (Phi) is 11.1. The molecular weight excluding hydrogens is 762 g/mol. The Labute approximate surface area is 350 Å². The van der Waals surface area contributed by atoms with Gasteiger partial charge in [0, 0.05) is 27.5 Å². The fraction of sp³-hybridized carbons (Fsp3) is 0.308. The van der Waals surface area contributed by atoms with Crippen LogP contribution in [0.4, 0.5) is 13.2 Å². The Balaban J connectivity index is 1.40. The largest absolute Gasteiger partial charge is 0.497 e. The number of unbranched alkanes of at least 4 members (excludes halogenated alkanes) is 1. The van der Waals surface area contributed by atoms with E-state index in [2.05, 4.69) is 75.4 Å². The van der Waals surface area contributed by atoms with Gasteiger partial charge in [-0.25, -0.2) is 0 Å². The second-order valence-corrected chi connectivity index (χ2v) is 15.8. The highest BCUT2D eigenvalue weighted by Crippen LogP contribution is 2.62. The molecule has 1 unspecified atom stereocenters. The van der Waals surface area contributed by atoms with Gasteiger partial charge in [0.1, 0.15) is 17.2 Å². The van der Waals surface area contributed by atoms with Crippen LogP contribution in [-0.2, 0) is 17.2 Å². The van der Waals surface area contributed by atoms with Crippen molar-refractivity contribution < 1.29 is 36.9 Å². The Morgan fingerprint density at radius 3 is 1.80 bits per heavy atom. The maximum atomic E-state index is 13.6. The first-order valence-corrected chi connectivity index (χ1v) is 20.9. The topological polar surface area (TPSA) is 46.2 Å². The molecule has 0 saturated heterocycles. The molecule has 0 aromatic heterocycles. The fourth-order valence-electron chi connectivity index (χ4n) is 9.51. The summed E-state index contributed by atoms with van der Waals surface area (Å²) in [6, 6.07) is 32.1. The molecule has 5 nitrogen and oxygen atoms in total. The Morgan fingerprint density at radius 2 is 1.23 bits per heavy atom. The second-order valence-electron chi connectivity index (χ2n) is 15.8. The van der Waals surface area contributed by atoms with Crippen molar-refractivity contribution in [1.29, 1.82) is 0 Å². The van der Waals surface area contributed by atoms with Crippen LogP contribution in [0, 0.1) is 0 Å². The van der Waals surface area contributed by atoms with Gasteiger partial charge in [0.2, 0.25) is 0 Å². The smallest absolute Gasteiger partial charge is 0.416 e. The van der Waals surface area contributed by atoms with Crippen LogP contribution in [0.3, 0.4) is 0 Å². The first-order valence-electron chi connectivity index (χ1n) is 20.9. The average molecular weight is 813 g/mol. The number of ether oxygens (including phenoxy) is 5. The SMILES string of the molecule is CCCCOc1ccc(C2(c3ccc(OC)cc3)C=Cc3c4c(c5cc(OC)c(OC)cc5c3O2)-c2ccc(-c3ccc(C(F)(F)F)cc3)cc2C4(CCC)CCC)cc1. The van der Waals surface area contributed by atoms with Crippen LogP contribution in [-0.4, -0.2) is 27.9 Å². The molecule has 0 fully saturated rings. The molecule has 310 valence electrons. The van der Waals surface area contributed by atoms with Crippen LogP contribution in [0.15, 0.2) is 109 Å². The predicted octanol–water partition coefficient (Wildman–Crippen LogP) is 13.9. The van der Waals surface area contributed by atoms with E-state index in [-0.39, 0.29) is 0 Å². The van der Waals surface area contributed by atoms with Crippen molar-refractivity contribution in [1.82, 2.24) is 0 Å². The number of alkyl halides is 3. The summed E-state index contributed by atoms with van der Waals surface area (Å²) in [5, 5.41) is 1.85. The third-order valence-corrected chi connectivity index (χ3v) is 12.3. The van der Waals surface area contributed by atoms with Gasteiger partial charge in [-0.2, -0.15) is 13.2 Å². The van der Waals surface area contributed by atoms with Gasteiger partial charge < -0.3 is 23.7 Å². The summed E-state index contributed by atoms with van der Waals surface area (Å²) in [7, 11) is 4.95. The normalized spacial score (nSPS) is 16.1. The van der Waals surface area contributed by atoms with Gasteiger partial charge in [-0.15, -0.1) is 0 Å². The van der Waals surface area contributed by atoms with Crippen molar-refractivity contribution in [2.45, 2.75) is 76.5 Å². The van der Waals surface area contributed by atoms with Crippen molar-refractivity contribution in [3.05, 3.63) is 143 Å². The number of benzene rings is 6. The van der Waals surface area contributed by atoms with Crippen molar-refractivity contribution in [3.63, 3.8) is 0 Å². The van der Waals surface area contributed by atoms with E-state index in [4.69, 9.17) is 23.7 Å². The van der Waals surface area contributed by atoms with E-state index in [9.17, 15) is 13.2 Å². The summed E-state index contributed by atoms with van der Waals surface area (Å²) < 4.78 is 72.0. The number of rotatable bonds is 14. The average Bonchev–Trinajstić information content (AvgIpc) is 3.55. The Bertz CT molecular complexity index is 2530. The van der Waals surface area contributed by atoms with Crippen molar-refractivity contribution in [2.75, 3.05) is 27.9 Å². The summed E-state index contributed by atoms with van der Waals surface area (Å²) in [5.74, 6) is 3.46. The minimum Gasteiger partial charge on any atom is -0.497 e. The lowest BCUT2D eigenvalue weighted by atomic mass is 9.69. The van der Waals surface area contributed by atoms with Gasteiger partial charge >= 0.3 is 6.18 Å². The molecule has 0 N–H and O–H groups in total. The molecule has 0 spiro atoms. The van der Waals surface area contributed by atoms with E-state index in [1.807, 2.05) is 36.4 Å². The molecule has 6 aromatic carbocycles. The molecule has 0 radical (unpaired) electrons. The summed E-state index contributed by atoms with van der Waals surface area (Å²) in [4.78, 5) is 0. The van der Waals surface area contributed by atoms with E-state index in [1.165, 1.54) is 11.1 Å². The molecule has 1 heterocycles. The standard InChI is InChI=1S/C52H51F3O5/c1-7-10-29-59-39-22-18-36(19-23-39)51(35-16-20-38(56-4)21-17-35)28-25-41-48-47(42-31-45(57-5)46(58-6)32-43(42)49(41)60-51)40-24-13-34(30-44(40)50(48,26-8-2)27-9-3)33-11-14-37(15-12-33)52(53,54)55/h11-25,28,30-32H,7-10,26-27,29H2,1-6H3. The van der Waals surface area contributed by atoms with E-state index in [1.54, 1.807) is 33.5 Å². The third kappa shape index (κ3) is 6.84. The monoisotopic (exact) mass is 812 g/mol. The molecule has 1 aliphatic heterocycles. The molecule has 0 bridgehead atoms. The zero-order valence-electron chi connectivity index (χ0n) is 35.1. The number of methoxy groups -OCH3 is 3. The van der Waals surface area contributed by atoms with Crippen LogP contribution < -0.4 is 23.7 Å². The maximum Gasteiger partial charge on any atom is 0.416 e. The van der Waals surface area contributed by atoms with E-state index >= 15 is 0 Å². The first-order chi connectivity index (χ1) is 29.0. The third-order valence-electron chi connectivity index (χ3n) is 12.3. The Morgan fingerprint density at radius 1 is 0.633 bits per heavy atom. The van der Waals surface area contributed by atoms with E-state index < -0.39 is 22.8 Å². The molecule has 0 saturated carbocycles. The van der Waals surface area contributed by atoms with E-state index in [0.29, 0.717) is 18.1 Å². The first kappa shape index (κ1) is 40.9. The maximum absolute atomic E-state index is 13.6. The van der Waals surface area contributed by atoms with E-state index in [0.717, 1.165) is 118 Å². The van der Waals surface area contributed by atoms with Crippen LogP contribution >= 0.6 is 0 Å². The molecule has 1 aliphatic carbocycles. The molecule has 0 amide bonds. The molecule has 2 aliphatic rings. The predicted molar refractivity (Wildman–Crippen MR) is 234 cm³/mol. The molecule has 60 heavy (non-hydrogen) atoms. The Hall–Kier alpha value is -5.89. The highest BCUT2D eigenvalue weighted by molar-refractivity contribution is 6.10. The van der Waals surface area contributed by atoms with Crippen molar-refractivity contribution in [2.24, 2.45) is 0 Å². The molecule has 6 aromatic rings. The second kappa shape index (κ2) is 16.3. The van der Waals surface area contributed by atoms with Gasteiger partial charge in [0.15, 0.2) is 17.1 Å². The minimum atomic E-state index is -4.41. The number of halogens is 3. The van der Waals surface area contributed by atoms with Crippen LogP contribution in [0.2, 0.25) is 0 Å². The molecular formula is C52H51F3O5. The van der Waals surface area contributed by atoms with Crippen LogP contribution in [0.5, 0.6) is 28.7 Å². The zero-order valence-corrected chi connectivity index (χ0v) is 35.1. The zero-order chi connectivity index (χ0) is 42.2. The summed E-state index contributed by atoms with van der Waals surface area (Å²) in [6.07, 6.45) is 5.58. The van der Waals surface area contributed by atoms with Gasteiger partial charge in [-0.1, -0.05) is 94.6 Å². The number of fused-ring (bicyclic) bond motifs is 8. The highest BCUT2D eigenvalue weighted by atomic mass is 19.4. The number of hydrogen-bond donors (Lipinski definition) is 0. The summed E-state index contributed by atoms with van der Waals surface area (Å²) in [5.41, 5.74) is 6.92. The van der Waals surface area contributed by atoms with Gasteiger partial charge in [-0.05, 0) is 119 Å². The van der Waals surface area contributed by atoms with Crippen molar-refractivity contribution >= 4 is 16.8 Å². The lowest BCUT2D eigenvalue weighted by Gasteiger charge is -2.40. The number of hydrogen-bond acceptors (Lipinski definition) is 5. The van der Waals surface area contributed by atoms with Gasteiger partial charge in [0.05, 0.1) is 33.5 Å². The lowest BCUT2D eigenvalue weighted by Crippen LogP contribution is -2.35. The lowest BCUT2D eigenvalue weighted by molar-refractivity contribution is -0.137. The van der Waals surface area contributed by atoms with Crippen LogP contribution in [0.1, 0.15) is 92.7 Å². The minimum absolute atomic E-state index is 0.424.